The van der Waals surface area contributed by atoms with Gasteiger partial charge in [-0.1, -0.05) is 6.07 Å². The van der Waals surface area contributed by atoms with Crippen LogP contribution in [0.15, 0.2) is 30.6 Å². The summed E-state index contributed by atoms with van der Waals surface area (Å²) in [6, 6.07) is 6.58. The third kappa shape index (κ3) is 6.60. The van der Waals surface area contributed by atoms with E-state index in [-0.39, 0.29) is 48.0 Å². The highest BCUT2D eigenvalue weighted by Crippen LogP contribution is 2.37. The van der Waals surface area contributed by atoms with Gasteiger partial charge in [0.05, 0.1) is 37.0 Å². The number of carboxylic acid groups (broad SMARTS) is 1. The zero-order valence-electron chi connectivity index (χ0n) is 21.5. The molecule has 13 heteroatoms. The number of methoxy groups -OCH3 is 1. The summed E-state index contributed by atoms with van der Waals surface area (Å²) >= 11 is 0. The van der Waals surface area contributed by atoms with E-state index in [1.807, 2.05) is 0 Å². The molecular formula is C25H29N7O6. The minimum atomic E-state index is -1.29. The van der Waals surface area contributed by atoms with Crippen LogP contribution in [0.3, 0.4) is 0 Å². The van der Waals surface area contributed by atoms with Crippen molar-refractivity contribution in [1.82, 2.24) is 25.0 Å². The van der Waals surface area contributed by atoms with Crippen LogP contribution in [0.1, 0.15) is 50.5 Å². The number of carboxylic acids is 1. The average molecular weight is 524 g/mol. The number of carbonyl (C=O) groups is 3. The van der Waals surface area contributed by atoms with Gasteiger partial charge in [-0.15, -0.1) is 10.2 Å². The molecule has 0 atom stereocenters. The van der Waals surface area contributed by atoms with Gasteiger partial charge >= 0.3 is 11.9 Å². The highest BCUT2D eigenvalue weighted by molar-refractivity contribution is 5.96. The Morgan fingerprint density at radius 2 is 1.92 bits per heavy atom. The lowest BCUT2D eigenvalue weighted by molar-refractivity contribution is -0.155. The number of aryl methyl sites for hydroxylation is 1. The summed E-state index contributed by atoms with van der Waals surface area (Å²) in [7, 11) is 1.47. The van der Waals surface area contributed by atoms with Gasteiger partial charge in [0.25, 0.3) is 0 Å². The summed E-state index contributed by atoms with van der Waals surface area (Å²) in [5, 5.41) is 27.3. The van der Waals surface area contributed by atoms with E-state index in [2.05, 4.69) is 30.9 Å². The van der Waals surface area contributed by atoms with Crippen molar-refractivity contribution in [2.45, 2.75) is 52.2 Å². The van der Waals surface area contributed by atoms with Gasteiger partial charge in [0, 0.05) is 12.0 Å². The maximum Gasteiger partial charge on any atom is 0.358 e. The number of hydrogen-bond donors (Lipinski definition) is 3. The average Bonchev–Trinajstić information content (AvgIpc) is 3.59. The number of anilines is 3. The van der Waals surface area contributed by atoms with E-state index < -0.39 is 11.6 Å². The number of esters is 1. The first-order chi connectivity index (χ1) is 18.0. The van der Waals surface area contributed by atoms with E-state index in [9.17, 15) is 19.5 Å². The SMILES string of the molecule is COc1c(Nc2cc(NC(=O)C3CC3)nnc2C(=O)O)cccc1-c1ncn(CCC(=O)OC(C)(C)C)n1. The van der Waals surface area contributed by atoms with Crippen LogP contribution < -0.4 is 15.4 Å². The number of ether oxygens (including phenoxy) is 2. The van der Waals surface area contributed by atoms with E-state index in [1.165, 1.54) is 24.2 Å². The lowest BCUT2D eigenvalue weighted by Crippen LogP contribution is -2.24. The number of aromatic carboxylic acids is 1. The summed E-state index contributed by atoms with van der Waals surface area (Å²) in [6.45, 7) is 5.69. The van der Waals surface area contributed by atoms with Gasteiger partial charge in [-0.25, -0.2) is 9.78 Å². The third-order valence-electron chi connectivity index (χ3n) is 5.43. The Balaban J connectivity index is 1.56. The van der Waals surface area contributed by atoms with Crippen molar-refractivity contribution in [2.75, 3.05) is 17.7 Å². The Kier molecular flexibility index (Phi) is 7.55. The molecule has 0 spiro atoms. The van der Waals surface area contributed by atoms with Crippen LogP contribution in [0.2, 0.25) is 0 Å². The molecule has 4 rings (SSSR count). The van der Waals surface area contributed by atoms with Crippen LogP contribution >= 0.6 is 0 Å². The van der Waals surface area contributed by atoms with Crippen molar-refractivity contribution in [3.8, 4) is 17.1 Å². The first-order valence-electron chi connectivity index (χ1n) is 12.0. The molecule has 0 saturated heterocycles. The minimum absolute atomic E-state index is 0.0550. The molecule has 0 unspecified atom stereocenters. The maximum absolute atomic E-state index is 12.1. The van der Waals surface area contributed by atoms with E-state index in [4.69, 9.17) is 9.47 Å². The fourth-order valence-electron chi connectivity index (χ4n) is 3.58. The molecule has 0 radical (unpaired) electrons. The molecule has 0 bridgehead atoms. The number of nitrogens with zero attached hydrogens (tertiary/aromatic N) is 5. The van der Waals surface area contributed by atoms with Crippen molar-refractivity contribution in [2.24, 2.45) is 5.92 Å². The van der Waals surface area contributed by atoms with E-state index >= 15 is 0 Å². The van der Waals surface area contributed by atoms with Crippen molar-refractivity contribution in [1.29, 1.82) is 0 Å². The number of carbonyl (C=O) groups excluding carboxylic acids is 2. The fourth-order valence-corrected chi connectivity index (χ4v) is 3.58. The van der Waals surface area contributed by atoms with Gasteiger partial charge in [-0.2, -0.15) is 5.10 Å². The molecule has 1 aliphatic rings. The summed E-state index contributed by atoms with van der Waals surface area (Å²) < 4.78 is 12.5. The van der Waals surface area contributed by atoms with Gasteiger partial charge < -0.3 is 25.2 Å². The monoisotopic (exact) mass is 523 g/mol. The second kappa shape index (κ2) is 10.8. The molecule has 2 heterocycles. The van der Waals surface area contributed by atoms with Gasteiger partial charge in [0.1, 0.15) is 11.9 Å². The van der Waals surface area contributed by atoms with E-state index in [0.717, 1.165) is 12.8 Å². The van der Waals surface area contributed by atoms with Crippen molar-refractivity contribution >= 4 is 35.0 Å². The molecule has 38 heavy (non-hydrogen) atoms. The number of benzene rings is 1. The highest BCUT2D eigenvalue weighted by atomic mass is 16.6. The van der Waals surface area contributed by atoms with E-state index in [1.54, 1.807) is 39.0 Å². The Bertz CT molecular complexity index is 1360. The van der Waals surface area contributed by atoms with Crippen molar-refractivity contribution < 1.29 is 29.0 Å². The molecule has 1 saturated carbocycles. The predicted octanol–water partition coefficient (Wildman–Crippen LogP) is 3.27. The molecular weight excluding hydrogens is 494 g/mol. The Morgan fingerprint density at radius 3 is 2.58 bits per heavy atom. The summed E-state index contributed by atoms with van der Waals surface area (Å²) in [6.07, 6.45) is 3.26. The predicted molar refractivity (Wildman–Crippen MR) is 136 cm³/mol. The second-order valence-corrected chi connectivity index (χ2v) is 9.74. The maximum atomic E-state index is 12.1. The lowest BCUT2D eigenvalue weighted by Gasteiger charge is -2.19. The number of rotatable bonds is 10. The first-order valence-corrected chi connectivity index (χ1v) is 12.0. The van der Waals surface area contributed by atoms with Crippen LogP contribution in [0.4, 0.5) is 17.2 Å². The topological polar surface area (TPSA) is 170 Å². The molecule has 3 N–H and O–H groups in total. The molecule has 200 valence electrons. The van der Waals surface area contributed by atoms with Crippen molar-refractivity contribution in [3.63, 3.8) is 0 Å². The molecule has 2 aromatic heterocycles. The fraction of sp³-hybridized carbons (Fsp3) is 0.400. The number of para-hydroxylation sites is 1. The van der Waals surface area contributed by atoms with Crippen LogP contribution in [0.25, 0.3) is 11.4 Å². The number of amides is 1. The quantitative estimate of drug-likeness (QED) is 0.333. The van der Waals surface area contributed by atoms with E-state index in [0.29, 0.717) is 22.8 Å². The van der Waals surface area contributed by atoms with Gasteiger partial charge in [-0.05, 0) is 45.7 Å². The standard InChI is InChI=1S/C25H29N7O6/c1-25(2,3)38-19(33)10-11-32-13-26-22(31-32)15-6-5-7-16(21(15)37-4)27-17-12-18(28-23(34)14-8-9-14)29-30-20(17)24(35)36/h5-7,12-14H,8-11H2,1-4H3,(H,35,36)(H2,27,28,29,34). The highest BCUT2D eigenvalue weighted by Gasteiger charge is 2.30. The first kappa shape index (κ1) is 26.5. The van der Waals surface area contributed by atoms with Gasteiger partial charge in [0.2, 0.25) is 5.91 Å². The van der Waals surface area contributed by atoms with Crippen LogP contribution in [0.5, 0.6) is 5.75 Å². The number of hydrogen-bond acceptors (Lipinski definition) is 10. The smallest absolute Gasteiger partial charge is 0.358 e. The molecule has 1 aromatic carbocycles. The van der Waals surface area contributed by atoms with Crippen LogP contribution in [0, 0.1) is 5.92 Å². The van der Waals surface area contributed by atoms with Gasteiger partial charge in [0.15, 0.2) is 23.1 Å². The van der Waals surface area contributed by atoms with Crippen LogP contribution in [-0.4, -0.2) is 60.6 Å². The second-order valence-electron chi connectivity index (χ2n) is 9.74. The van der Waals surface area contributed by atoms with Gasteiger partial charge in [-0.3, -0.25) is 14.3 Å². The zero-order chi connectivity index (χ0) is 27.4. The Labute approximate surface area is 218 Å². The van der Waals surface area contributed by atoms with Crippen molar-refractivity contribution in [3.05, 3.63) is 36.3 Å². The number of aromatic nitrogens is 5. The molecule has 3 aromatic rings. The molecule has 13 nitrogen and oxygen atoms in total. The Hall–Kier alpha value is -4.55. The molecule has 1 fully saturated rings. The lowest BCUT2D eigenvalue weighted by atomic mass is 10.1. The molecule has 1 aliphatic carbocycles. The minimum Gasteiger partial charge on any atom is -0.494 e. The summed E-state index contributed by atoms with van der Waals surface area (Å²) in [4.78, 5) is 40.3. The normalized spacial score (nSPS) is 13.1. The summed E-state index contributed by atoms with van der Waals surface area (Å²) in [5.41, 5.74) is 0.177. The van der Waals surface area contributed by atoms with Crippen LogP contribution in [-0.2, 0) is 20.9 Å². The summed E-state index contributed by atoms with van der Waals surface area (Å²) in [5.74, 6) is -1.03. The largest absolute Gasteiger partial charge is 0.494 e. The zero-order valence-corrected chi connectivity index (χ0v) is 21.5. The molecule has 1 amide bonds. The Morgan fingerprint density at radius 1 is 1.16 bits per heavy atom. The molecule has 0 aliphatic heterocycles. The number of nitrogens with one attached hydrogen (secondary N) is 2. The third-order valence-corrected chi connectivity index (χ3v) is 5.43.